The van der Waals surface area contributed by atoms with E-state index in [4.69, 9.17) is 0 Å². The summed E-state index contributed by atoms with van der Waals surface area (Å²) in [5.74, 6) is 0. The third-order valence-electron chi connectivity index (χ3n) is 5.04. The molecule has 0 spiro atoms. The van der Waals surface area contributed by atoms with Crippen molar-refractivity contribution in [2.45, 2.75) is 82.4 Å². The summed E-state index contributed by atoms with van der Waals surface area (Å²) in [6, 6.07) is 10.6. The van der Waals surface area contributed by atoms with E-state index < -0.39 is 10.1 Å². The van der Waals surface area contributed by atoms with Crippen LogP contribution in [0.5, 0.6) is 0 Å². The first-order chi connectivity index (χ1) is 12.5. The predicted octanol–water partition coefficient (Wildman–Crippen LogP) is 3.21. The van der Waals surface area contributed by atoms with Crippen LogP contribution in [0, 0.1) is 0 Å². The van der Waals surface area contributed by atoms with E-state index in [2.05, 4.69) is 6.92 Å². The van der Waals surface area contributed by atoms with Crippen LogP contribution in [0.4, 0.5) is 0 Å². The third kappa shape index (κ3) is 8.25. The SMILES string of the molecule is CCCCCCCCCCCCc1ccc(S(=O)(=O)[O-])c2ccccc12.[Na+]. The smallest absolute Gasteiger partial charge is 0.744 e. The van der Waals surface area contributed by atoms with E-state index in [1.165, 1.54) is 63.9 Å². The fraction of sp³-hybridized carbons (Fsp3) is 0.545. The van der Waals surface area contributed by atoms with Gasteiger partial charge in [-0.05, 0) is 35.2 Å². The molecule has 0 saturated carbocycles. The number of hydrogen-bond acceptors (Lipinski definition) is 3. The Labute approximate surface area is 187 Å². The molecular weight excluding hydrogens is 367 g/mol. The molecule has 3 nitrogen and oxygen atoms in total. The van der Waals surface area contributed by atoms with Crippen molar-refractivity contribution in [3.05, 3.63) is 42.0 Å². The van der Waals surface area contributed by atoms with Crippen LogP contribution in [0.25, 0.3) is 10.8 Å². The number of benzene rings is 2. The summed E-state index contributed by atoms with van der Waals surface area (Å²) in [6.07, 6.45) is 13.9. The van der Waals surface area contributed by atoms with Gasteiger partial charge in [-0.15, -0.1) is 0 Å². The standard InChI is InChI=1S/C22H32O3S.Na/c1-2-3-4-5-6-7-8-9-10-11-14-19-17-18-22(26(23,24)25)21-16-13-12-15-20(19)21;/h12-13,15-18H,2-11,14H2,1H3,(H,23,24,25);/q;+1/p-1. The summed E-state index contributed by atoms with van der Waals surface area (Å²) in [4.78, 5) is -0.111. The molecule has 0 amide bonds. The van der Waals surface area contributed by atoms with Crippen LogP contribution in [-0.4, -0.2) is 13.0 Å². The summed E-state index contributed by atoms with van der Waals surface area (Å²) in [5, 5.41) is 1.44. The molecule has 0 aromatic heterocycles. The van der Waals surface area contributed by atoms with Gasteiger partial charge in [0.1, 0.15) is 10.1 Å². The zero-order valence-corrected chi connectivity index (χ0v) is 19.7. The fourth-order valence-corrected chi connectivity index (χ4v) is 4.25. The first-order valence-electron chi connectivity index (χ1n) is 10.0. The number of fused-ring (bicyclic) bond motifs is 1. The van der Waals surface area contributed by atoms with Crippen molar-refractivity contribution in [1.82, 2.24) is 0 Å². The van der Waals surface area contributed by atoms with Crippen molar-refractivity contribution in [1.29, 1.82) is 0 Å². The van der Waals surface area contributed by atoms with Crippen molar-refractivity contribution in [3.63, 3.8) is 0 Å². The summed E-state index contributed by atoms with van der Waals surface area (Å²) < 4.78 is 34.3. The monoisotopic (exact) mass is 398 g/mol. The minimum atomic E-state index is -4.44. The van der Waals surface area contributed by atoms with Gasteiger partial charge < -0.3 is 4.55 Å². The molecule has 0 aliphatic heterocycles. The molecule has 0 radical (unpaired) electrons. The molecule has 0 bridgehead atoms. The van der Waals surface area contributed by atoms with Gasteiger partial charge >= 0.3 is 29.6 Å². The quantitative estimate of drug-likeness (QED) is 0.313. The molecular formula is C22H31NaO3S. The Balaban J connectivity index is 0.00000364. The molecule has 27 heavy (non-hydrogen) atoms. The zero-order chi connectivity index (χ0) is 18.8. The summed E-state index contributed by atoms with van der Waals surface area (Å²) in [6.45, 7) is 2.25. The predicted molar refractivity (Wildman–Crippen MR) is 107 cm³/mol. The van der Waals surface area contributed by atoms with Crippen LogP contribution in [0.1, 0.15) is 76.7 Å². The Morgan fingerprint density at radius 3 is 1.81 bits per heavy atom. The van der Waals surface area contributed by atoms with Gasteiger partial charge in [-0.2, -0.15) is 0 Å². The molecule has 0 atom stereocenters. The fourth-order valence-electron chi connectivity index (χ4n) is 3.57. The van der Waals surface area contributed by atoms with Gasteiger partial charge in [-0.1, -0.05) is 95.0 Å². The van der Waals surface area contributed by atoms with Gasteiger partial charge in [0.15, 0.2) is 0 Å². The average molecular weight is 399 g/mol. The first kappa shape index (κ1) is 24.6. The van der Waals surface area contributed by atoms with Gasteiger partial charge in [-0.25, -0.2) is 8.42 Å². The van der Waals surface area contributed by atoms with Crippen LogP contribution in [-0.2, 0) is 16.5 Å². The van der Waals surface area contributed by atoms with Gasteiger partial charge in [0.2, 0.25) is 0 Å². The van der Waals surface area contributed by atoms with Crippen LogP contribution < -0.4 is 29.6 Å². The number of rotatable bonds is 12. The molecule has 2 rings (SSSR count). The normalized spacial score (nSPS) is 11.5. The molecule has 0 fully saturated rings. The topological polar surface area (TPSA) is 57.2 Å². The molecule has 0 heterocycles. The maximum Gasteiger partial charge on any atom is 1.00 e. The van der Waals surface area contributed by atoms with Crippen molar-refractivity contribution in [2.24, 2.45) is 0 Å². The molecule has 2 aromatic carbocycles. The van der Waals surface area contributed by atoms with Gasteiger partial charge in [-0.3, -0.25) is 0 Å². The van der Waals surface area contributed by atoms with E-state index in [1.54, 1.807) is 18.2 Å². The summed E-state index contributed by atoms with van der Waals surface area (Å²) in [5.41, 5.74) is 1.13. The molecule has 0 aliphatic carbocycles. The second-order valence-electron chi connectivity index (χ2n) is 7.15. The molecule has 144 valence electrons. The van der Waals surface area contributed by atoms with E-state index in [9.17, 15) is 13.0 Å². The van der Waals surface area contributed by atoms with Crippen molar-refractivity contribution in [2.75, 3.05) is 0 Å². The minimum absolute atomic E-state index is 0. The Hall–Kier alpha value is -0.390. The second-order valence-corrected chi connectivity index (χ2v) is 8.50. The van der Waals surface area contributed by atoms with Crippen LogP contribution in [0.2, 0.25) is 0 Å². The van der Waals surface area contributed by atoms with E-state index in [-0.39, 0.29) is 34.5 Å². The van der Waals surface area contributed by atoms with Gasteiger partial charge in [0.05, 0.1) is 4.90 Å². The molecule has 0 saturated heterocycles. The van der Waals surface area contributed by atoms with Crippen LogP contribution in [0.15, 0.2) is 41.3 Å². The van der Waals surface area contributed by atoms with E-state index >= 15 is 0 Å². The number of aryl methyl sites for hydroxylation is 1. The van der Waals surface area contributed by atoms with Crippen LogP contribution in [0.3, 0.4) is 0 Å². The Kier molecular flexibility index (Phi) is 11.8. The zero-order valence-electron chi connectivity index (χ0n) is 16.9. The molecule has 0 aliphatic rings. The maximum absolute atomic E-state index is 11.4. The number of unbranched alkanes of at least 4 members (excludes halogenated alkanes) is 9. The molecule has 5 heteroatoms. The average Bonchev–Trinajstić information content (AvgIpc) is 2.62. The molecule has 2 aromatic rings. The van der Waals surface area contributed by atoms with Crippen molar-refractivity contribution in [3.8, 4) is 0 Å². The second kappa shape index (κ2) is 12.9. The van der Waals surface area contributed by atoms with Gasteiger partial charge in [0, 0.05) is 0 Å². The van der Waals surface area contributed by atoms with E-state index in [0.29, 0.717) is 5.39 Å². The van der Waals surface area contributed by atoms with Crippen LogP contribution >= 0.6 is 0 Å². The Morgan fingerprint density at radius 2 is 1.26 bits per heavy atom. The summed E-state index contributed by atoms with van der Waals surface area (Å²) in [7, 11) is -4.44. The van der Waals surface area contributed by atoms with Crippen molar-refractivity contribution < 1.29 is 42.5 Å². The largest absolute Gasteiger partial charge is 1.00 e. The number of hydrogen-bond donors (Lipinski definition) is 0. The van der Waals surface area contributed by atoms with Crippen molar-refractivity contribution >= 4 is 20.9 Å². The molecule has 0 unspecified atom stereocenters. The summed E-state index contributed by atoms with van der Waals surface area (Å²) >= 11 is 0. The third-order valence-corrected chi connectivity index (χ3v) is 5.94. The van der Waals surface area contributed by atoms with Gasteiger partial charge in [0.25, 0.3) is 0 Å². The first-order valence-corrected chi connectivity index (χ1v) is 11.4. The molecule has 0 N–H and O–H groups in total. The maximum atomic E-state index is 11.4. The van der Waals surface area contributed by atoms with E-state index in [0.717, 1.165) is 23.8 Å². The Morgan fingerprint density at radius 1 is 0.741 bits per heavy atom. The Bertz CT molecular complexity index is 787. The van der Waals surface area contributed by atoms with E-state index in [1.807, 2.05) is 12.1 Å². The minimum Gasteiger partial charge on any atom is -0.744 e.